The van der Waals surface area contributed by atoms with Crippen LogP contribution in [0.5, 0.6) is 0 Å². The summed E-state index contributed by atoms with van der Waals surface area (Å²) in [7, 11) is 0. The van der Waals surface area contributed by atoms with E-state index in [1.807, 2.05) is 18.2 Å². The molecule has 15 heavy (non-hydrogen) atoms. The SMILES string of the molecule is CC(C)c1c(CN)cccc1NC(N)=S. The molecule has 3 nitrogen and oxygen atoms in total. The molecule has 0 heterocycles. The second-order valence-corrected chi connectivity index (χ2v) is 4.17. The first-order valence-electron chi connectivity index (χ1n) is 4.94. The van der Waals surface area contributed by atoms with E-state index in [0.29, 0.717) is 12.5 Å². The molecule has 1 rings (SSSR count). The van der Waals surface area contributed by atoms with Crippen LogP contribution in [-0.2, 0) is 6.54 Å². The summed E-state index contributed by atoms with van der Waals surface area (Å²) in [5.74, 6) is 0.390. The van der Waals surface area contributed by atoms with Crippen LogP contribution in [0.15, 0.2) is 18.2 Å². The van der Waals surface area contributed by atoms with Crippen LogP contribution in [0, 0.1) is 0 Å². The molecule has 4 heteroatoms. The Morgan fingerprint density at radius 3 is 2.60 bits per heavy atom. The third kappa shape index (κ3) is 2.91. The number of nitrogens with one attached hydrogen (secondary N) is 1. The molecule has 1 aromatic rings. The highest BCUT2D eigenvalue weighted by Gasteiger charge is 2.10. The fourth-order valence-electron chi connectivity index (χ4n) is 1.71. The van der Waals surface area contributed by atoms with Crippen molar-refractivity contribution in [2.45, 2.75) is 26.3 Å². The van der Waals surface area contributed by atoms with Crippen molar-refractivity contribution in [1.82, 2.24) is 0 Å². The van der Waals surface area contributed by atoms with Gasteiger partial charge in [-0.15, -0.1) is 0 Å². The molecule has 82 valence electrons. The number of benzene rings is 1. The normalized spacial score (nSPS) is 10.4. The van der Waals surface area contributed by atoms with E-state index in [4.69, 9.17) is 23.7 Å². The van der Waals surface area contributed by atoms with Crippen LogP contribution in [0.2, 0.25) is 0 Å². The van der Waals surface area contributed by atoms with Crippen molar-refractivity contribution < 1.29 is 0 Å². The molecule has 0 atom stereocenters. The highest BCUT2D eigenvalue weighted by molar-refractivity contribution is 7.80. The van der Waals surface area contributed by atoms with Crippen molar-refractivity contribution in [3.8, 4) is 0 Å². The number of hydrogen-bond donors (Lipinski definition) is 3. The molecule has 0 bridgehead atoms. The van der Waals surface area contributed by atoms with Gasteiger partial charge in [0.15, 0.2) is 5.11 Å². The lowest BCUT2D eigenvalue weighted by molar-refractivity contribution is 0.842. The van der Waals surface area contributed by atoms with Crippen molar-refractivity contribution in [1.29, 1.82) is 0 Å². The molecule has 0 aromatic heterocycles. The van der Waals surface area contributed by atoms with Gasteiger partial charge in [-0.05, 0) is 35.3 Å². The smallest absolute Gasteiger partial charge is 0.168 e. The van der Waals surface area contributed by atoms with Gasteiger partial charge in [-0.2, -0.15) is 0 Å². The minimum absolute atomic E-state index is 0.283. The zero-order chi connectivity index (χ0) is 11.4. The van der Waals surface area contributed by atoms with Crippen LogP contribution >= 0.6 is 12.2 Å². The van der Waals surface area contributed by atoms with E-state index in [2.05, 4.69) is 19.2 Å². The standard InChI is InChI=1S/C11H17N3S/c1-7(2)10-8(6-12)4-3-5-9(10)14-11(13)15/h3-5,7H,6,12H2,1-2H3,(H3,13,14,15). The van der Waals surface area contributed by atoms with Crippen LogP contribution < -0.4 is 16.8 Å². The predicted molar refractivity (Wildman–Crippen MR) is 68.8 cm³/mol. The van der Waals surface area contributed by atoms with E-state index in [9.17, 15) is 0 Å². The van der Waals surface area contributed by atoms with Crippen LogP contribution in [0.3, 0.4) is 0 Å². The Balaban J connectivity index is 3.19. The van der Waals surface area contributed by atoms with E-state index in [1.54, 1.807) is 0 Å². The summed E-state index contributed by atoms with van der Waals surface area (Å²) in [6, 6.07) is 5.95. The first-order valence-corrected chi connectivity index (χ1v) is 5.35. The Morgan fingerprint density at radius 2 is 2.13 bits per heavy atom. The van der Waals surface area contributed by atoms with E-state index < -0.39 is 0 Å². The van der Waals surface area contributed by atoms with Gasteiger partial charge in [0, 0.05) is 12.2 Å². The summed E-state index contributed by atoms with van der Waals surface area (Å²) >= 11 is 4.84. The zero-order valence-electron chi connectivity index (χ0n) is 9.08. The largest absolute Gasteiger partial charge is 0.376 e. The van der Waals surface area contributed by atoms with Gasteiger partial charge in [0.05, 0.1) is 0 Å². The topological polar surface area (TPSA) is 64.1 Å². The molecule has 0 unspecified atom stereocenters. The fourth-order valence-corrected chi connectivity index (χ4v) is 1.82. The quantitative estimate of drug-likeness (QED) is 0.685. The summed E-state index contributed by atoms with van der Waals surface area (Å²) in [5.41, 5.74) is 14.4. The molecule has 0 saturated heterocycles. The molecular formula is C11H17N3S. The van der Waals surface area contributed by atoms with E-state index in [0.717, 1.165) is 11.3 Å². The van der Waals surface area contributed by atoms with Crippen LogP contribution in [-0.4, -0.2) is 5.11 Å². The number of nitrogens with two attached hydrogens (primary N) is 2. The predicted octanol–water partition coefficient (Wildman–Crippen LogP) is 1.92. The number of anilines is 1. The first kappa shape index (κ1) is 11.9. The summed E-state index contributed by atoms with van der Waals surface area (Å²) < 4.78 is 0. The van der Waals surface area contributed by atoms with Crippen molar-refractivity contribution >= 4 is 23.0 Å². The average molecular weight is 223 g/mol. The van der Waals surface area contributed by atoms with Gasteiger partial charge < -0.3 is 16.8 Å². The Morgan fingerprint density at radius 1 is 1.47 bits per heavy atom. The second-order valence-electron chi connectivity index (χ2n) is 3.73. The molecule has 0 aliphatic heterocycles. The molecular weight excluding hydrogens is 206 g/mol. The van der Waals surface area contributed by atoms with Gasteiger partial charge >= 0.3 is 0 Å². The lowest BCUT2D eigenvalue weighted by Gasteiger charge is -2.17. The first-order chi connectivity index (χ1) is 7.06. The van der Waals surface area contributed by atoms with Gasteiger partial charge in [0.25, 0.3) is 0 Å². The lowest BCUT2D eigenvalue weighted by Crippen LogP contribution is -2.20. The highest BCUT2D eigenvalue weighted by Crippen LogP contribution is 2.27. The second kappa shape index (κ2) is 5.09. The molecule has 0 saturated carbocycles. The van der Waals surface area contributed by atoms with Crippen molar-refractivity contribution in [3.05, 3.63) is 29.3 Å². The molecule has 0 radical (unpaired) electrons. The number of hydrogen-bond acceptors (Lipinski definition) is 2. The maximum absolute atomic E-state index is 5.70. The van der Waals surface area contributed by atoms with Gasteiger partial charge in [-0.3, -0.25) is 0 Å². The lowest BCUT2D eigenvalue weighted by atomic mass is 9.95. The third-order valence-electron chi connectivity index (χ3n) is 2.25. The summed E-state index contributed by atoms with van der Waals surface area (Å²) in [4.78, 5) is 0. The van der Waals surface area contributed by atoms with Crippen molar-refractivity contribution in [2.75, 3.05) is 5.32 Å². The van der Waals surface area contributed by atoms with Gasteiger partial charge in [-0.25, -0.2) is 0 Å². The van der Waals surface area contributed by atoms with Crippen molar-refractivity contribution in [2.24, 2.45) is 11.5 Å². The summed E-state index contributed by atoms with van der Waals surface area (Å²) in [6.45, 7) is 4.78. The fraction of sp³-hybridized carbons (Fsp3) is 0.364. The van der Waals surface area contributed by atoms with Gasteiger partial charge in [0.1, 0.15) is 0 Å². The van der Waals surface area contributed by atoms with Gasteiger partial charge in [-0.1, -0.05) is 26.0 Å². The zero-order valence-corrected chi connectivity index (χ0v) is 9.90. The number of rotatable bonds is 3. The summed E-state index contributed by atoms with van der Waals surface area (Å²) in [6.07, 6.45) is 0. The monoisotopic (exact) mass is 223 g/mol. The molecule has 0 amide bonds. The van der Waals surface area contributed by atoms with E-state index in [1.165, 1.54) is 5.56 Å². The molecule has 5 N–H and O–H groups in total. The van der Waals surface area contributed by atoms with E-state index in [-0.39, 0.29) is 5.11 Å². The highest BCUT2D eigenvalue weighted by atomic mass is 32.1. The van der Waals surface area contributed by atoms with Crippen LogP contribution in [0.25, 0.3) is 0 Å². The Kier molecular flexibility index (Phi) is 4.05. The maximum Gasteiger partial charge on any atom is 0.168 e. The number of thiocarbonyl (C=S) groups is 1. The maximum atomic E-state index is 5.70. The molecule has 0 aliphatic carbocycles. The third-order valence-corrected chi connectivity index (χ3v) is 2.35. The Bertz CT molecular complexity index is 361. The van der Waals surface area contributed by atoms with Crippen LogP contribution in [0.1, 0.15) is 30.9 Å². The van der Waals surface area contributed by atoms with E-state index >= 15 is 0 Å². The van der Waals surface area contributed by atoms with Gasteiger partial charge in [0.2, 0.25) is 0 Å². The molecule has 0 spiro atoms. The minimum Gasteiger partial charge on any atom is -0.376 e. The average Bonchev–Trinajstić information content (AvgIpc) is 2.15. The molecule has 0 aliphatic rings. The molecule has 0 fully saturated rings. The van der Waals surface area contributed by atoms with Crippen molar-refractivity contribution in [3.63, 3.8) is 0 Å². The Hall–Kier alpha value is -1.13. The summed E-state index contributed by atoms with van der Waals surface area (Å²) in [5, 5.41) is 3.27. The van der Waals surface area contributed by atoms with Crippen LogP contribution in [0.4, 0.5) is 5.69 Å². The minimum atomic E-state index is 0.283. The molecule has 1 aromatic carbocycles. The Labute approximate surface area is 95.8 Å².